The van der Waals surface area contributed by atoms with Gasteiger partial charge in [-0.1, -0.05) is 39.7 Å². The molecule has 0 amide bonds. The Kier molecular flexibility index (Phi) is 4.52. The van der Waals surface area contributed by atoms with E-state index in [4.69, 9.17) is 17.4 Å². The highest BCUT2D eigenvalue weighted by molar-refractivity contribution is 9.10. The fourth-order valence-electron chi connectivity index (χ4n) is 1.83. The number of halogens is 4. The fourth-order valence-corrected chi connectivity index (χ4v) is 2.43. The zero-order chi connectivity index (χ0) is 14.0. The Morgan fingerprint density at radius 3 is 2.58 bits per heavy atom. The second kappa shape index (κ2) is 5.96. The summed E-state index contributed by atoms with van der Waals surface area (Å²) in [6.45, 7) is 0. The molecule has 0 spiro atoms. The molecule has 3 N–H and O–H groups in total. The maximum atomic E-state index is 13.8. The first-order valence-corrected chi connectivity index (χ1v) is 6.56. The van der Waals surface area contributed by atoms with Crippen molar-refractivity contribution in [2.45, 2.75) is 6.04 Å². The van der Waals surface area contributed by atoms with Crippen molar-refractivity contribution in [2.75, 3.05) is 0 Å². The van der Waals surface area contributed by atoms with Crippen molar-refractivity contribution < 1.29 is 8.78 Å². The molecule has 1 unspecified atom stereocenters. The summed E-state index contributed by atoms with van der Waals surface area (Å²) in [5.41, 5.74) is 3.12. The van der Waals surface area contributed by atoms with E-state index in [-0.39, 0.29) is 5.56 Å². The second-order valence-electron chi connectivity index (χ2n) is 3.91. The van der Waals surface area contributed by atoms with E-state index in [9.17, 15) is 8.78 Å². The number of benzene rings is 2. The van der Waals surface area contributed by atoms with Crippen molar-refractivity contribution in [3.05, 3.63) is 68.7 Å². The summed E-state index contributed by atoms with van der Waals surface area (Å²) in [5.74, 6) is 3.59. The first-order valence-electron chi connectivity index (χ1n) is 5.39. The molecule has 0 radical (unpaired) electrons. The summed E-state index contributed by atoms with van der Waals surface area (Å²) in [5, 5.41) is 0.412. The molecular formula is C13H10BrClF2N2. The minimum atomic E-state index is -0.943. The van der Waals surface area contributed by atoms with Crippen LogP contribution >= 0.6 is 27.5 Å². The lowest BCUT2D eigenvalue weighted by atomic mass is 9.98. The number of nitrogens with two attached hydrogens (primary N) is 1. The third kappa shape index (κ3) is 2.95. The van der Waals surface area contributed by atoms with Gasteiger partial charge in [0.15, 0.2) is 11.6 Å². The van der Waals surface area contributed by atoms with Gasteiger partial charge >= 0.3 is 0 Å². The summed E-state index contributed by atoms with van der Waals surface area (Å²) in [6.07, 6.45) is 0. The van der Waals surface area contributed by atoms with E-state index < -0.39 is 17.7 Å². The van der Waals surface area contributed by atoms with Crippen LogP contribution < -0.4 is 11.3 Å². The Labute approximate surface area is 122 Å². The van der Waals surface area contributed by atoms with Crippen molar-refractivity contribution >= 4 is 27.5 Å². The van der Waals surface area contributed by atoms with E-state index in [1.54, 1.807) is 18.2 Å². The number of hydrogen-bond donors (Lipinski definition) is 2. The molecule has 100 valence electrons. The van der Waals surface area contributed by atoms with Gasteiger partial charge in [-0.15, -0.1) is 0 Å². The van der Waals surface area contributed by atoms with Gasteiger partial charge in [-0.2, -0.15) is 0 Å². The molecular weight excluding hydrogens is 338 g/mol. The van der Waals surface area contributed by atoms with E-state index >= 15 is 0 Å². The van der Waals surface area contributed by atoms with Crippen LogP contribution in [0.25, 0.3) is 0 Å². The number of rotatable bonds is 3. The minimum absolute atomic E-state index is 0.0995. The molecule has 0 bridgehead atoms. The van der Waals surface area contributed by atoms with Gasteiger partial charge in [0.2, 0.25) is 0 Å². The summed E-state index contributed by atoms with van der Waals surface area (Å²) < 4.78 is 27.9. The molecule has 0 fully saturated rings. The van der Waals surface area contributed by atoms with Gasteiger partial charge in [0.05, 0.1) is 6.04 Å². The average molecular weight is 348 g/mol. The first-order chi connectivity index (χ1) is 9.04. The summed E-state index contributed by atoms with van der Waals surface area (Å²) in [6, 6.07) is 8.31. The molecule has 2 nitrogen and oxygen atoms in total. The molecule has 0 saturated heterocycles. The highest BCUT2D eigenvalue weighted by Crippen LogP contribution is 2.31. The van der Waals surface area contributed by atoms with Crippen molar-refractivity contribution in [1.29, 1.82) is 0 Å². The Morgan fingerprint density at radius 2 is 1.89 bits per heavy atom. The maximum absolute atomic E-state index is 13.8. The Balaban J connectivity index is 2.56. The normalized spacial score (nSPS) is 12.5. The monoisotopic (exact) mass is 346 g/mol. The standard InChI is InChI=1S/C13H10BrClF2N2/c14-7-4-5-10(15)9(6-7)13(19-18)8-2-1-3-11(16)12(8)17/h1-6,13,19H,18H2. The summed E-state index contributed by atoms with van der Waals surface area (Å²) in [7, 11) is 0. The van der Waals surface area contributed by atoms with Crippen LogP contribution in [0.2, 0.25) is 5.02 Å². The lowest BCUT2D eigenvalue weighted by Gasteiger charge is -2.19. The zero-order valence-corrected chi connectivity index (χ0v) is 12.0. The van der Waals surface area contributed by atoms with Gasteiger partial charge < -0.3 is 0 Å². The van der Waals surface area contributed by atoms with Crippen LogP contribution in [0.5, 0.6) is 0 Å². The van der Waals surface area contributed by atoms with Gasteiger partial charge in [-0.05, 0) is 29.8 Å². The third-order valence-corrected chi connectivity index (χ3v) is 3.57. The lowest BCUT2D eigenvalue weighted by Crippen LogP contribution is -2.30. The largest absolute Gasteiger partial charge is 0.271 e. The third-order valence-electron chi connectivity index (χ3n) is 2.73. The van der Waals surface area contributed by atoms with Crippen LogP contribution in [0, 0.1) is 11.6 Å². The first kappa shape index (κ1) is 14.4. The smallest absolute Gasteiger partial charge is 0.163 e. The van der Waals surface area contributed by atoms with Crippen molar-refractivity contribution in [2.24, 2.45) is 5.84 Å². The van der Waals surface area contributed by atoms with Crippen molar-refractivity contribution in [3.63, 3.8) is 0 Å². The average Bonchev–Trinajstić information content (AvgIpc) is 2.39. The zero-order valence-electron chi connectivity index (χ0n) is 9.63. The van der Waals surface area contributed by atoms with E-state index in [0.717, 1.165) is 10.5 Å². The minimum Gasteiger partial charge on any atom is -0.271 e. The molecule has 2 aromatic carbocycles. The molecule has 0 heterocycles. The number of hydrazine groups is 1. The van der Waals surface area contributed by atoms with E-state index in [1.165, 1.54) is 12.1 Å². The lowest BCUT2D eigenvalue weighted by molar-refractivity contribution is 0.483. The molecule has 1 atom stereocenters. The number of nitrogens with one attached hydrogen (secondary N) is 1. The van der Waals surface area contributed by atoms with Gasteiger partial charge in [0, 0.05) is 15.1 Å². The Hall–Kier alpha value is -1.01. The molecule has 0 saturated carbocycles. The second-order valence-corrected chi connectivity index (χ2v) is 5.23. The van der Waals surface area contributed by atoms with Crippen LogP contribution in [0.15, 0.2) is 40.9 Å². The predicted octanol–water partition coefficient (Wildman–Crippen LogP) is 3.93. The van der Waals surface area contributed by atoms with Crippen LogP contribution in [0.1, 0.15) is 17.2 Å². The highest BCUT2D eigenvalue weighted by Gasteiger charge is 2.21. The quantitative estimate of drug-likeness (QED) is 0.652. The van der Waals surface area contributed by atoms with E-state index in [2.05, 4.69) is 21.4 Å². The molecule has 2 rings (SSSR count). The van der Waals surface area contributed by atoms with Gasteiger partial charge in [-0.3, -0.25) is 5.84 Å². The van der Waals surface area contributed by atoms with Crippen LogP contribution in [-0.2, 0) is 0 Å². The summed E-state index contributed by atoms with van der Waals surface area (Å²) >= 11 is 9.38. The molecule has 0 aliphatic rings. The maximum Gasteiger partial charge on any atom is 0.163 e. The van der Waals surface area contributed by atoms with Crippen molar-refractivity contribution in [1.82, 2.24) is 5.43 Å². The SMILES string of the molecule is NNC(c1cc(Br)ccc1Cl)c1cccc(F)c1F. The Bertz CT molecular complexity index is 605. The van der Waals surface area contributed by atoms with Gasteiger partial charge in [0.25, 0.3) is 0 Å². The topological polar surface area (TPSA) is 38.0 Å². The van der Waals surface area contributed by atoms with Crippen LogP contribution in [0.3, 0.4) is 0 Å². The molecule has 0 aromatic heterocycles. The molecule has 19 heavy (non-hydrogen) atoms. The molecule has 6 heteroatoms. The fraction of sp³-hybridized carbons (Fsp3) is 0.0769. The Morgan fingerprint density at radius 1 is 1.16 bits per heavy atom. The molecule has 0 aliphatic heterocycles. The van der Waals surface area contributed by atoms with Crippen molar-refractivity contribution in [3.8, 4) is 0 Å². The van der Waals surface area contributed by atoms with Crippen LogP contribution in [-0.4, -0.2) is 0 Å². The van der Waals surface area contributed by atoms with E-state index in [0.29, 0.717) is 10.6 Å². The van der Waals surface area contributed by atoms with Crippen LogP contribution in [0.4, 0.5) is 8.78 Å². The van der Waals surface area contributed by atoms with Gasteiger partial charge in [0.1, 0.15) is 0 Å². The van der Waals surface area contributed by atoms with E-state index in [1.807, 2.05) is 0 Å². The molecule has 0 aliphatic carbocycles. The number of hydrogen-bond acceptors (Lipinski definition) is 2. The summed E-state index contributed by atoms with van der Waals surface area (Å²) in [4.78, 5) is 0. The van der Waals surface area contributed by atoms with Gasteiger partial charge in [-0.25, -0.2) is 14.2 Å². The predicted molar refractivity (Wildman–Crippen MR) is 74.7 cm³/mol. The highest BCUT2D eigenvalue weighted by atomic mass is 79.9. The molecule has 2 aromatic rings.